The highest BCUT2D eigenvalue weighted by Crippen LogP contribution is 2.35. The van der Waals surface area contributed by atoms with Crippen molar-refractivity contribution in [2.24, 2.45) is 5.41 Å². The van der Waals surface area contributed by atoms with Crippen LogP contribution in [0.25, 0.3) is 0 Å². The molecular formula is C8H10Cl2. The summed E-state index contributed by atoms with van der Waals surface area (Å²) in [5.74, 6) is 1.16. The van der Waals surface area contributed by atoms with Crippen molar-refractivity contribution in [3.63, 3.8) is 0 Å². The standard InChI is InChI=1S/C8H10Cl2/c1-7-3-2-4-8(7,5-9)6-10/h2-4H,5-6H2,1H3. The van der Waals surface area contributed by atoms with Crippen molar-refractivity contribution < 1.29 is 0 Å². The second-order valence-corrected chi connectivity index (χ2v) is 3.17. The highest BCUT2D eigenvalue weighted by Gasteiger charge is 2.29. The third-order valence-corrected chi connectivity index (χ3v) is 2.98. The molecule has 10 heavy (non-hydrogen) atoms. The van der Waals surface area contributed by atoms with E-state index in [4.69, 9.17) is 23.2 Å². The van der Waals surface area contributed by atoms with Crippen molar-refractivity contribution in [1.29, 1.82) is 0 Å². The van der Waals surface area contributed by atoms with Crippen molar-refractivity contribution in [1.82, 2.24) is 0 Å². The smallest absolute Gasteiger partial charge is 0.0365 e. The average molecular weight is 177 g/mol. The van der Waals surface area contributed by atoms with Crippen LogP contribution >= 0.6 is 23.2 Å². The van der Waals surface area contributed by atoms with Gasteiger partial charge in [-0.2, -0.15) is 0 Å². The van der Waals surface area contributed by atoms with Crippen LogP contribution in [0.15, 0.2) is 23.8 Å². The van der Waals surface area contributed by atoms with Gasteiger partial charge in [-0.3, -0.25) is 0 Å². The maximum atomic E-state index is 5.78. The van der Waals surface area contributed by atoms with E-state index in [0.717, 1.165) is 0 Å². The Morgan fingerprint density at radius 1 is 1.40 bits per heavy atom. The minimum atomic E-state index is -0.0525. The summed E-state index contributed by atoms with van der Waals surface area (Å²) in [6, 6.07) is 0. The van der Waals surface area contributed by atoms with Gasteiger partial charge in [0.05, 0.1) is 0 Å². The third-order valence-electron chi connectivity index (χ3n) is 2.02. The van der Waals surface area contributed by atoms with Gasteiger partial charge in [0.2, 0.25) is 0 Å². The van der Waals surface area contributed by atoms with Crippen LogP contribution in [0, 0.1) is 5.41 Å². The minimum absolute atomic E-state index is 0.0525. The summed E-state index contributed by atoms with van der Waals surface area (Å²) in [6.07, 6.45) is 6.15. The lowest BCUT2D eigenvalue weighted by molar-refractivity contribution is 0.607. The van der Waals surface area contributed by atoms with Crippen molar-refractivity contribution in [3.8, 4) is 0 Å². The fraction of sp³-hybridized carbons (Fsp3) is 0.500. The molecule has 1 aliphatic carbocycles. The molecule has 0 atom stereocenters. The van der Waals surface area contributed by atoms with Gasteiger partial charge in [-0.05, 0) is 6.92 Å². The molecule has 0 aromatic rings. The van der Waals surface area contributed by atoms with E-state index in [9.17, 15) is 0 Å². The van der Waals surface area contributed by atoms with Gasteiger partial charge in [0.1, 0.15) is 0 Å². The SMILES string of the molecule is CC1=CC=CC1(CCl)CCl. The van der Waals surface area contributed by atoms with Gasteiger partial charge in [0.15, 0.2) is 0 Å². The molecule has 0 saturated carbocycles. The van der Waals surface area contributed by atoms with Crippen LogP contribution in [0.5, 0.6) is 0 Å². The zero-order valence-electron chi connectivity index (χ0n) is 5.90. The summed E-state index contributed by atoms with van der Waals surface area (Å²) < 4.78 is 0. The van der Waals surface area contributed by atoms with Gasteiger partial charge in [-0.15, -0.1) is 23.2 Å². The quantitative estimate of drug-likeness (QED) is 0.569. The van der Waals surface area contributed by atoms with E-state index in [-0.39, 0.29) is 5.41 Å². The monoisotopic (exact) mass is 176 g/mol. The molecule has 56 valence electrons. The molecule has 1 aliphatic rings. The zero-order valence-corrected chi connectivity index (χ0v) is 7.41. The maximum absolute atomic E-state index is 5.78. The van der Waals surface area contributed by atoms with Crippen molar-refractivity contribution in [3.05, 3.63) is 23.8 Å². The van der Waals surface area contributed by atoms with Gasteiger partial charge in [-0.25, -0.2) is 0 Å². The summed E-state index contributed by atoms with van der Waals surface area (Å²) in [6.45, 7) is 2.06. The molecule has 0 aromatic carbocycles. The Kier molecular flexibility index (Phi) is 2.43. The van der Waals surface area contributed by atoms with Gasteiger partial charge < -0.3 is 0 Å². The van der Waals surface area contributed by atoms with Gasteiger partial charge >= 0.3 is 0 Å². The molecule has 2 heteroatoms. The Morgan fingerprint density at radius 2 is 2.00 bits per heavy atom. The molecule has 0 unspecified atom stereocenters. The van der Waals surface area contributed by atoms with Gasteiger partial charge in [0.25, 0.3) is 0 Å². The molecule has 0 aromatic heterocycles. The summed E-state index contributed by atoms with van der Waals surface area (Å²) in [5.41, 5.74) is 1.21. The Hall–Kier alpha value is 0.0600. The number of rotatable bonds is 2. The predicted octanol–water partition coefficient (Wildman–Crippen LogP) is 2.97. The van der Waals surface area contributed by atoms with Crippen LogP contribution < -0.4 is 0 Å². The largest absolute Gasteiger partial charge is 0.125 e. The van der Waals surface area contributed by atoms with Crippen LogP contribution in [0.1, 0.15) is 6.92 Å². The van der Waals surface area contributed by atoms with Crippen LogP contribution in [-0.2, 0) is 0 Å². The molecule has 0 amide bonds. The molecule has 0 saturated heterocycles. The molecule has 0 N–H and O–H groups in total. The van der Waals surface area contributed by atoms with E-state index in [2.05, 4.69) is 19.1 Å². The molecule has 0 bridgehead atoms. The molecule has 0 fully saturated rings. The second-order valence-electron chi connectivity index (χ2n) is 2.63. The first kappa shape index (κ1) is 8.16. The number of allylic oxidation sites excluding steroid dienone is 4. The van der Waals surface area contributed by atoms with Crippen LogP contribution in [-0.4, -0.2) is 11.8 Å². The van der Waals surface area contributed by atoms with Crippen LogP contribution in [0.2, 0.25) is 0 Å². The summed E-state index contributed by atoms with van der Waals surface area (Å²) >= 11 is 11.6. The van der Waals surface area contributed by atoms with E-state index in [0.29, 0.717) is 11.8 Å². The predicted molar refractivity (Wildman–Crippen MR) is 46.8 cm³/mol. The fourth-order valence-corrected chi connectivity index (χ4v) is 1.90. The van der Waals surface area contributed by atoms with E-state index in [1.54, 1.807) is 0 Å². The molecule has 0 heterocycles. The third kappa shape index (κ3) is 1.11. The summed E-state index contributed by atoms with van der Waals surface area (Å²) in [5, 5.41) is 0. The lowest BCUT2D eigenvalue weighted by Gasteiger charge is -2.23. The van der Waals surface area contributed by atoms with E-state index in [1.807, 2.05) is 6.08 Å². The van der Waals surface area contributed by atoms with Crippen LogP contribution in [0.3, 0.4) is 0 Å². The fourth-order valence-electron chi connectivity index (χ4n) is 1.01. The molecule has 0 radical (unpaired) electrons. The molecule has 0 spiro atoms. The topological polar surface area (TPSA) is 0 Å². The normalized spacial score (nSPS) is 21.3. The maximum Gasteiger partial charge on any atom is 0.0365 e. The van der Waals surface area contributed by atoms with E-state index < -0.39 is 0 Å². The van der Waals surface area contributed by atoms with Crippen molar-refractivity contribution in [2.45, 2.75) is 6.92 Å². The molecule has 1 rings (SSSR count). The number of alkyl halides is 2. The highest BCUT2D eigenvalue weighted by molar-refractivity contribution is 6.22. The Bertz CT molecular complexity index is 176. The lowest BCUT2D eigenvalue weighted by Crippen LogP contribution is -2.21. The first-order valence-corrected chi connectivity index (χ1v) is 4.30. The Labute approximate surface area is 71.5 Å². The van der Waals surface area contributed by atoms with Gasteiger partial charge in [-0.1, -0.05) is 23.8 Å². The van der Waals surface area contributed by atoms with Crippen LogP contribution in [0.4, 0.5) is 0 Å². The van der Waals surface area contributed by atoms with E-state index in [1.165, 1.54) is 5.57 Å². The zero-order chi connectivity index (χ0) is 7.61. The molecule has 0 nitrogen and oxygen atoms in total. The van der Waals surface area contributed by atoms with Gasteiger partial charge in [0, 0.05) is 17.2 Å². The Balaban J connectivity index is 2.84. The number of hydrogen-bond acceptors (Lipinski definition) is 0. The second kappa shape index (κ2) is 2.98. The van der Waals surface area contributed by atoms with Crippen molar-refractivity contribution >= 4 is 23.2 Å². The Morgan fingerprint density at radius 3 is 2.20 bits per heavy atom. The molecule has 0 aliphatic heterocycles. The summed E-state index contributed by atoms with van der Waals surface area (Å²) in [7, 11) is 0. The average Bonchev–Trinajstić information content (AvgIpc) is 2.32. The van der Waals surface area contributed by atoms with E-state index >= 15 is 0 Å². The number of hydrogen-bond donors (Lipinski definition) is 0. The number of halogens is 2. The summed E-state index contributed by atoms with van der Waals surface area (Å²) in [4.78, 5) is 0. The first-order chi connectivity index (χ1) is 4.75. The lowest BCUT2D eigenvalue weighted by atomic mass is 9.88. The molecular weight excluding hydrogens is 167 g/mol. The highest BCUT2D eigenvalue weighted by atomic mass is 35.5. The minimum Gasteiger partial charge on any atom is -0.125 e. The first-order valence-electron chi connectivity index (χ1n) is 3.24. The van der Waals surface area contributed by atoms with Crippen molar-refractivity contribution in [2.75, 3.05) is 11.8 Å².